The molecule has 4 N–H and O–H groups in total. The molecule has 16 heavy (non-hydrogen) atoms. The van der Waals surface area contributed by atoms with Crippen LogP contribution in [0.3, 0.4) is 0 Å². The van der Waals surface area contributed by atoms with Crippen LogP contribution in [0.2, 0.25) is 0 Å². The molecule has 0 amide bonds. The van der Waals surface area contributed by atoms with Crippen molar-refractivity contribution in [1.82, 2.24) is 5.32 Å². The summed E-state index contributed by atoms with van der Waals surface area (Å²) in [6, 6.07) is 0. The lowest BCUT2D eigenvalue weighted by atomic mass is 9.86. The summed E-state index contributed by atoms with van der Waals surface area (Å²) in [6.07, 6.45) is 8.24. The summed E-state index contributed by atoms with van der Waals surface area (Å²) in [4.78, 5) is 4.32. The topological polar surface area (TPSA) is 70.6 Å². The normalized spacial score (nSPS) is 17.2. The van der Waals surface area contributed by atoms with E-state index in [1.165, 1.54) is 19.3 Å². The van der Waals surface area contributed by atoms with Crippen LogP contribution in [0.5, 0.6) is 0 Å². The molecular weight excluding hydrogens is 202 g/mol. The summed E-state index contributed by atoms with van der Waals surface area (Å²) in [5, 5.41) is 11.7. The second-order valence-electron chi connectivity index (χ2n) is 4.59. The van der Waals surface area contributed by atoms with E-state index >= 15 is 0 Å². The highest BCUT2D eigenvalue weighted by atomic mass is 16.2. The summed E-state index contributed by atoms with van der Waals surface area (Å²) in [5.41, 5.74) is 5.74. The van der Waals surface area contributed by atoms with Crippen molar-refractivity contribution in [2.75, 3.05) is 19.7 Å². The SMILES string of the molecule is NC(=NCC1CCC1)NCCCCCCO. The monoisotopic (exact) mass is 227 g/mol. The molecule has 0 spiro atoms. The molecule has 4 nitrogen and oxygen atoms in total. The Hall–Kier alpha value is -0.770. The molecule has 0 unspecified atom stereocenters. The van der Waals surface area contributed by atoms with E-state index < -0.39 is 0 Å². The number of nitrogens with zero attached hydrogens (tertiary/aromatic N) is 1. The quantitative estimate of drug-likeness (QED) is 0.332. The van der Waals surface area contributed by atoms with Crippen molar-refractivity contribution in [2.24, 2.45) is 16.6 Å². The Balaban J connectivity index is 1.90. The van der Waals surface area contributed by atoms with Gasteiger partial charge in [0, 0.05) is 19.7 Å². The number of nitrogens with one attached hydrogen (secondary N) is 1. The van der Waals surface area contributed by atoms with E-state index in [4.69, 9.17) is 10.8 Å². The minimum Gasteiger partial charge on any atom is -0.396 e. The van der Waals surface area contributed by atoms with Crippen LogP contribution in [0.25, 0.3) is 0 Å². The number of hydrogen-bond acceptors (Lipinski definition) is 2. The first kappa shape index (κ1) is 13.3. The van der Waals surface area contributed by atoms with Crippen LogP contribution in [-0.4, -0.2) is 30.8 Å². The molecule has 1 fully saturated rings. The van der Waals surface area contributed by atoms with Gasteiger partial charge in [0.2, 0.25) is 0 Å². The Bertz CT molecular complexity index is 202. The number of aliphatic hydroxyl groups excluding tert-OH is 1. The van der Waals surface area contributed by atoms with Crippen LogP contribution >= 0.6 is 0 Å². The van der Waals surface area contributed by atoms with Crippen LogP contribution in [0, 0.1) is 5.92 Å². The summed E-state index contributed by atoms with van der Waals surface area (Å²) >= 11 is 0. The van der Waals surface area contributed by atoms with Crippen molar-refractivity contribution in [1.29, 1.82) is 0 Å². The second-order valence-corrected chi connectivity index (χ2v) is 4.59. The first-order chi connectivity index (χ1) is 7.83. The molecule has 94 valence electrons. The lowest BCUT2D eigenvalue weighted by molar-refractivity contribution is 0.282. The van der Waals surface area contributed by atoms with Crippen molar-refractivity contribution >= 4 is 5.96 Å². The fourth-order valence-electron chi connectivity index (χ4n) is 1.77. The smallest absolute Gasteiger partial charge is 0.188 e. The highest BCUT2D eigenvalue weighted by Crippen LogP contribution is 2.26. The first-order valence-corrected chi connectivity index (χ1v) is 6.47. The third-order valence-corrected chi connectivity index (χ3v) is 3.14. The van der Waals surface area contributed by atoms with E-state index in [2.05, 4.69) is 10.3 Å². The van der Waals surface area contributed by atoms with Gasteiger partial charge in [-0.1, -0.05) is 19.3 Å². The summed E-state index contributed by atoms with van der Waals surface area (Å²) in [7, 11) is 0. The number of unbranched alkanes of at least 4 members (excludes halogenated alkanes) is 3. The number of nitrogens with two attached hydrogens (primary N) is 1. The average molecular weight is 227 g/mol. The zero-order chi connectivity index (χ0) is 11.6. The molecule has 0 atom stereocenters. The lowest BCUT2D eigenvalue weighted by Gasteiger charge is -2.23. The Kier molecular flexibility index (Phi) is 6.97. The largest absolute Gasteiger partial charge is 0.396 e. The zero-order valence-corrected chi connectivity index (χ0v) is 10.1. The van der Waals surface area contributed by atoms with Gasteiger partial charge in [-0.15, -0.1) is 0 Å². The maximum absolute atomic E-state index is 8.61. The summed E-state index contributed by atoms with van der Waals surface area (Å²) in [6.45, 7) is 2.09. The third kappa shape index (κ3) is 5.95. The number of aliphatic hydroxyl groups is 1. The van der Waals surface area contributed by atoms with Crippen LogP contribution < -0.4 is 11.1 Å². The predicted molar refractivity (Wildman–Crippen MR) is 67.4 cm³/mol. The number of aliphatic imine (C=N–C) groups is 1. The van der Waals surface area contributed by atoms with E-state index in [0.29, 0.717) is 12.6 Å². The number of rotatable bonds is 8. The molecule has 4 heteroatoms. The fourth-order valence-corrected chi connectivity index (χ4v) is 1.77. The average Bonchev–Trinajstić information content (AvgIpc) is 2.21. The summed E-state index contributed by atoms with van der Waals surface area (Å²) in [5.74, 6) is 1.37. The van der Waals surface area contributed by atoms with Crippen molar-refractivity contribution in [3.63, 3.8) is 0 Å². The predicted octanol–water partition coefficient (Wildman–Crippen LogP) is 1.24. The first-order valence-electron chi connectivity index (χ1n) is 6.47. The van der Waals surface area contributed by atoms with E-state index in [9.17, 15) is 0 Å². The van der Waals surface area contributed by atoms with Crippen LogP contribution in [-0.2, 0) is 0 Å². The lowest BCUT2D eigenvalue weighted by Crippen LogP contribution is -2.33. The van der Waals surface area contributed by atoms with Crippen LogP contribution in [0.4, 0.5) is 0 Å². The molecule has 1 aliphatic carbocycles. The molecule has 0 aromatic heterocycles. The van der Waals surface area contributed by atoms with Gasteiger partial charge in [0.15, 0.2) is 5.96 Å². The second kappa shape index (κ2) is 8.39. The molecule has 0 aromatic rings. The molecule has 1 rings (SSSR count). The Morgan fingerprint density at radius 3 is 2.62 bits per heavy atom. The molecule has 0 aromatic carbocycles. The fraction of sp³-hybridized carbons (Fsp3) is 0.917. The van der Waals surface area contributed by atoms with Gasteiger partial charge in [0.1, 0.15) is 0 Å². The van der Waals surface area contributed by atoms with Crippen LogP contribution in [0.1, 0.15) is 44.9 Å². The van der Waals surface area contributed by atoms with Crippen LogP contribution in [0.15, 0.2) is 4.99 Å². The Labute approximate surface area is 98.3 Å². The molecule has 0 heterocycles. The van der Waals surface area contributed by atoms with Gasteiger partial charge in [-0.05, 0) is 31.6 Å². The van der Waals surface area contributed by atoms with E-state index in [1.807, 2.05) is 0 Å². The van der Waals surface area contributed by atoms with Gasteiger partial charge in [0.25, 0.3) is 0 Å². The van der Waals surface area contributed by atoms with Gasteiger partial charge in [-0.25, -0.2) is 0 Å². The molecule has 1 saturated carbocycles. The molecule has 0 radical (unpaired) electrons. The molecular formula is C12H25N3O. The van der Waals surface area contributed by atoms with Crippen molar-refractivity contribution in [3.05, 3.63) is 0 Å². The van der Waals surface area contributed by atoms with Gasteiger partial charge < -0.3 is 16.2 Å². The Morgan fingerprint density at radius 2 is 2.00 bits per heavy atom. The standard InChI is InChI=1S/C12H25N3O/c13-12(15-10-11-6-5-7-11)14-8-3-1-2-4-9-16/h11,16H,1-10H2,(H3,13,14,15). The maximum Gasteiger partial charge on any atom is 0.188 e. The van der Waals surface area contributed by atoms with Gasteiger partial charge in [-0.3, -0.25) is 4.99 Å². The highest BCUT2D eigenvalue weighted by Gasteiger charge is 2.16. The molecule has 1 aliphatic rings. The highest BCUT2D eigenvalue weighted by molar-refractivity contribution is 5.77. The maximum atomic E-state index is 8.61. The summed E-state index contributed by atoms with van der Waals surface area (Å²) < 4.78 is 0. The van der Waals surface area contributed by atoms with E-state index in [-0.39, 0.29) is 0 Å². The van der Waals surface area contributed by atoms with Gasteiger partial charge in [-0.2, -0.15) is 0 Å². The minimum absolute atomic E-state index is 0.304. The van der Waals surface area contributed by atoms with Crippen molar-refractivity contribution in [3.8, 4) is 0 Å². The van der Waals surface area contributed by atoms with Crippen molar-refractivity contribution < 1.29 is 5.11 Å². The van der Waals surface area contributed by atoms with E-state index in [1.54, 1.807) is 0 Å². The van der Waals surface area contributed by atoms with Crippen molar-refractivity contribution in [2.45, 2.75) is 44.9 Å². The zero-order valence-electron chi connectivity index (χ0n) is 10.1. The Morgan fingerprint density at radius 1 is 1.25 bits per heavy atom. The third-order valence-electron chi connectivity index (χ3n) is 3.14. The number of guanidine groups is 1. The molecule has 0 saturated heterocycles. The van der Waals surface area contributed by atoms with Gasteiger partial charge >= 0.3 is 0 Å². The van der Waals surface area contributed by atoms with Gasteiger partial charge in [0.05, 0.1) is 0 Å². The number of hydrogen-bond donors (Lipinski definition) is 3. The minimum atomic E-state index is 0.304. The molecule has 0 aliphatic heterocycles. The molecule has 0 bridgehead atoms. The van der Waals surface area contributed by atoms with E-state index in [0.717, 1.165) is 44.7 Å².